The van der Waals surface area contributed by atoms with Gasteiger partial charge >= 0.3 is 0 Å². The number of carbonyl (C=O) groups excluding carboxylic acids is 1. The number of aromatic hydroxyl groups is 2. The summed E-state index contributed by atoms with van der Waals surface area (Å²) >= 11 is 0. The molecule has 0 fully saturated rings. The van der Waals surface area contributed by atoms with Crippen molar-refractivity contribution in [2.75, 3.05) is 18.5 Å². The van der Waals surface area contributed by atoms with Crippen LogP contribution < -0.4 is 10.1 Å². The molecule has 0 aromatic heterocycles. The molecule has 0 atom stereocenters. The quantitative estimate of drug-likeness (QED) is 0.562. The largest absolute Gasteiger partial charge is 0.506 e. The van der Waals surface area contributed by atoms with Crippen LogP contribution in [0, 0.1) is 6.92 Å². The van der Waals surface area contributed by atoms with Crippen LogP contribution in [-0.2, 0) is 4.79 Å². The Morgan fingerprint density at radius 3 is 2.79 bits per heavy atom. The van der Waals surface area contributed by atoms with Crippen molar-refractivity contribution < 1.29 is 19.7 Å². The zero-order valence-electron chi connectivity index (χ0n) is 13.6. The van der Waals surface area contributed by atoms with E-state index in [9.17, 15) is 15.0 Å². The number of benzene rings is 2. The third-order valence-corrected chi connectivity index (χ3v) is 3.22. The van der Waals surface area contributed by atoms with Gasteiger partial charge in [0.1, 0.15) is 12.3 Å². The molecule has 6 heteroatoms. The van der Waals surface area contributed by atoms with Gasteiger partial charge in [-0.25, -0.2) is 0 Å². The van der Waals surface area contributed by atoms with E-state index >= 15 is 0 Å². The van der Waals surface area contributed by atoms with Gasteiger partial charge in [-0.2, -0.15) is 0 Å². The van der Waals surface area contributed by atoms with E-state index in [1.165, 1.54) is 6.21 Å². The Hall–Kier alpha value is -3.02. The first-order chi connectivity index (χ1) is 11.5. The second kappa shape index (κ2) is 8.01. The van der Waals surface area contributed by atoms with E-state index < -0.39 is 0 Å². The van der Waals surface area contributed by atoms with Crippen molar-refractivity contribution in [1.82, 2.24) is 0 Å². The van der Waals surface area contributed by atoms with Crippen LogP contribution in [0.4, 0.5) is 5.69 Å². The first-order valence-corrected chi connectivity index (χ1v) is 7.55. The standard InChI is InChI=1S/C18H20N2O4/c1-3-24-16-6-4-5-13(18(16)23)10-19-11-17(22)20-14-8-7-12(2)9-15(14)21/h4-10,21,23H,3,11H2,1-2H3,(H,20,22). The minimum Gasteiger partial charge on any atom is -0.506 e. The molecule has 0 aliphatic carbocycles. The Bertz CT molecular complexity index is 757. The molecule has 24 heavy (non-hydrogen) atoms. The van der Waals surface area contributed by atoms with Gasteiger partial charge in [-0.3, -0.25) is 9.79 Å². The summed E-state index contributed by atoms with van der Waals surface area (Å²) in [5.74, 6) is -0.00425. The van der Waals surface area contributed by atoms with Crippen LogP contribution in [0.1, 0.15) is 18.1 Å². The summed E-state index contributed by atoms with van der Waals surface area (Å²) in [7, 11) is 0. The highest BCUT2D eigenvalue weighted by atomic mass is 16.5. The van der Waals surface area contributed by atoms with Crippen LogP contribution in [0.2, 0.25) is 0 Å². The predicted molar refractivity (Wildman–Crippen MR) is 93.2 cm³/mol. The average molecular weight is 328 g/mol. The normalized spacial score (nSPS) is 10.8. The Kier molecular flexibility index (Phi) is 5.78. The second-order valence-electron chi connectivity index (χ2n) is 5.17. The highest BCUT2D eigenvalue weighted by molar-refractivity contribution is 5.95. The van der Waals surface area contributed by atoms with Crippen LogP contribution in [0.3, 0.4) is 0 Å². The van der Waals surface area contributed by atoms with Crippen molar-refractivity contribution in [3.05, 3.63) is 47.5 Å². The van der Waals surface area contributed by atoms with Gasteiger partial charge in [-0.05, 0) is 43.7 Å². The molecule has 0 radical (unpaired) electrons. The lowest BCUT2D eigenvalue weighted by atomic mass is 10.2. The minimum atomic E-state index is -0.370. The van der Waals surface area contributed by atoms with E-state index in [0.717, 1.165) is 5.56 Å². The van der Waals surface area contributed by atoms with Crippen LogP contribution in [0.25, 0.3) is 0 Å². The van der Waals surface area contributed by atoms with Crippen LogP contribution in [-0.4, -0.2) is 35.5 Å². The molecule has 1 amide bonds. The zero-order valence-corrected chi connectivity index (χ0v) is 13.6. The Balaban J connectivity index is 1.98. The number of phenolic OH excluding ortho intramolecular Hbond substituents is 2. The fourth-order valence-corrected chi connectivity index (χ4v) is 2.08. The molecule has 0 saturated heterocycles. The number of aliphatic imine (C=N–C) groups is 1. The van der Waals surface area contributed by atoms with Crippen molar-refractivity contribution in [1.29, 1.82) is 0 Å². The highest BCUT2D eigenvalue weighted by Crippen LogP contribution is 2.28. The van der Waals surface area contributed by atoms with Gasteiger partial charge in [0.15, 0.2) is 11.5 Å². The number of hydrogen-bond acceptors (Lipinski definition) is 5. The predicted octanol–water partition coefficient (Wildman–Crippen LogP) is 2.86. The monoisotopic (exact) mass is 328 g/mol. The van der Waals surface area contributed by atoms with Gasteiger partial charge in [-0.1, -0.05) is 12.1 Å². The van der Waals surface area contributed by atoms with Crippen LogP contribution in [0.15, 0.2) is 41.4 Å². The van der Waals surface area contributed by atoms with Crippen molar-refractivity contribution in [2.45, 2.75) is 13.8 Å². The molecule has 0 aliphatic rings. The summed E-state index contributed by atoms with van der Waals surface area (Å²) in [5, 5.41) is 22.4. The topological polar surface area (TPSA) is 91.2 Å². The molecule has 3 N–H and O–H groups in total. The van der Waals surface area contributed by atoms with E-state index in [0.29, 0.717) is 23.6 Å². The fraction of sp³-hybridized carbons (Fsp3) is 0.222. The first-order valence-electron chi connectivity index (χ1n) is 7.55. The van der Waals surface area contributed by atoms with Crippen LogP contribution >= 0.6 is 0 Å². The number of rotatable bonds is 6. The number of anilines is 1. The van der Waals surface area contributed by atoms with Gasteiger partial charge in [0.25, 0.3) is 0 Å². The van der Waals surface area contributed by atoms with E-state index in [4.69, 9.17) is 4.74 Å². The molecule has 6 nitrogen and oxygen atoms in total. The van der Waals surface area contributed by atoms with Gasteiger partial charge in [0, 0.05) is 11.8 Å². The SMILES string of the molecule is CCOc1cccc(C=NCC(=O)Nc2ccc(C)cc2O)c1O. The Morgan fingerprint density at radius 1 is 1.29 bits per heavy atom. The number of ether oxygens (including phenoxy) is 1. The van der Waals surface area contributed by atoms with Gasteiger partial charge in [0.05, 0.1) is 12.3 Å². The number of carbonyl (C=O) groups is 1. The lowest BCUT2D eigenvalue weighted by Gasteiger charge is -2.07. The number of para-hydroxylation sites is 1. The summed E-state index contributed by atoms with van der Waals surface area (Å²) in [5.41, 5.74) is 1.70. The second-order valence-corrected chi connectivity index (χ2v) is 5.17. The minimum absolute atomic E-state index is 0.00869. The average Bonchev–Trinajstić information content (AvgIpc) is 2.54. The smallest absolute Gasteiger partial charge is 0.246 e. The molecule has 0 saturated carbocycles. The summed E-state index contributed by atoms with van der Waals surface area (Å²) in [6.45, 7) is 3.98. The summed E-state index contributed by atoms with van der Waals surface area (Å²) in [6.07, 6.45) is 1.41. The number of hydrogen-bond donors (Lipinski definition) is 3. The maximum atomic E-state index is 11.9. The van der Waals surface area contributed by atoms with Crippen molar-refractivity contribution >= 4 is 17.8 Å². The lowest BCUT2D eigenvalue weighted by molar-refractivity contribution is -0.114. The maximum absolute atomic E-state index is 11.9. The molecule has 2 aromatic rings. The Morgan fingerprint density at radius 2 is 2.08 bits per heavy atom. The van der Waals surface area contributed by atoms with Crippen molar-refractivity contribution in [2.24, 2.45) is 4.99 Å². The molecule has 126 valence electrons. The molecular formula is C18H20N2O4. The molecule has 2 rings (SSSR count). The third-order valence-electron chi connectivity index (χ3n) is 3.22. The third kappa shape index (κ3) is 4.49. The van der Waals surface area contributed by atoms with Gasteiger partial charge in [0.2, 0.25) is 5.91 Å². The first kappa shape index (κ1) is 17.3. The van der Waals surface area contributed by atoms with E-state index in [2.05, 4.69) is 10.3 Å². The molecule has 0 spiro atoms. The number of aryl methyl sites for hydroxylation is 1. The van der Waals surface area contributed by atoms with E-state index in [1.807, 2.05) is 13.8 Å². The van der Waals surface area contributed by atoms with E-state index in [1.54, 1.807) is 36.4 Å². The zero-order chi connectivity index (χ0) is 17.5. The van der Waals surface area contributed by atoms with Gasteiger partial charge < -0.3 is 20.3 Å². The van der Waals surface area contributed by atoms with Gasteiger partial charge in [-0.15, -0.1) is 0 Å². The van der Waals surface area contributed by atoms with Crippen LogP contribution in [0.5, 0.6) is 17.2 Å². The summed E-state index contributed by atoms with van der Waals surface area (Å²) < 4.78 is 5.29. The number of phenols is 2. The number of nitrogens with one attached hydrogen (secondary N) is 1. The van der Waals surface area contributed by atoms with E-state index in [-0.39, 0.29) is 24.0 Å². The molecule has 0 heterocycles. The maximum Gasteiger partial charge on any atom is 0.246 e. The molecule has 0 unspecified atom stereocenters. The Labute approximate surface area is 140 Å². The highest BCUT2D eigenvalue weighted by Gasteiger charge is 2.07. The summed E-state index contributed by atoms with van der Waals surface area (Å²) in [4.78, 5) is 15.9. The molecular weight excluding hydrogens is 308 g/mol. The number of nitrogens with zero attached hydrogens (tertiary/aromatic N) is 1. The molecule has 0 aliphatic heterocycles. The van der Waals surface area contributed by atoms with Crippen molar-refractivity contribution in [3.63, 3.8) is 0 Å². The lowest BCUT2D eigenvalue weighted by Crippen LogP contribution is -2.15. The summed E-state index contributed by atoms with van der Waals surface area (Å²) in [6, 6.07) is 10.0. The molecule has 0 bridgehead atoms. The fourth-order valence-electron chi connectivity index (χ4n) is 2.08. The number of amides is 1. The van der Waals surface area contributed by atoms with Crippen molar-refractivity contribution in [3.8, 4) is 17.2 Å². The molecule has 2 aromatic carbocycles.